The predicted octanol–water partition coefficient (Wildman–Crippen LogP) is 0.807. The number of nitrogens with zero attached hydrogens (tertiary/aromatic N) is 2. The maximum atomic E-state index is 9.01. The third-order valence-electron chi connectivity index (χ3n) is 1.60. The molecule has 0 bridgehead atoms. The summed E-state index contributed by atoms with van der Waals surface area (Å²) < 4.78 is 0.959. The zero-order valence-corrected chi connectivity index (χ0v) is 5.73. The molecule has 0 saturated carbocycles. The molecule has 4 heteroatoms. The van der Waals surface area contributed by atoms with Crippen molar-refractivity contribution in [2.24, 2.45) is 0 Å². The first-order valence-corrected chi connectivity index (χ1v) is 3.19. The fraction of sp³-hybridized carbons (Fsp3) is 0. The zero-order chi connectivity index (χ0) is 7.84. The molecule has 4 nitrogen and oxygen atoms in total. The van der Waals surface area contributed by atoms with E-state index in [1.165, 1.54) is 12.4 Å². The van der Waals surface area contributed by atoms with Gasteiger partial charge in [0.05, 0.1) is 6.20 Å². The number of nitrogen functional groups attached to an aromatic ring is 1. The van der Waals surface area contributed by atoms with Gasteiger partial charge in [-0.2, -0.15) is 0 Å². The van der Waals surface area contributed by atoms with Gasteiger partial charge in [-0.25, -0.2) is 9.71 Å². The molecule has 0 unspecified atom stereocenters. The molecular weight excluding hydrogens is 142 g/mol. The van der Waals surface area contributed by atoms with E-state index in [4.69, 9.17) is 10.9 Å². The molecule has 0 spiro atoms. The Bertz CT molecular complexity index is 355. The molecule has 0 aromatic carbocycles. The van der Waals surface area contributed by atoms with Gasteiger partial charge in [0.15, 0.2) is 0 Å². The number of fused-ring (bicyclic) bond motifs is 1. The number of hydrogen-bond donors (Lipinski definition) is 2. The fourth-order valence-electron chi connectivity index (χ4n) is 1.03. The molecule has 0 radical (unpaired) electrons. The molecular formula is C7H7N3O. The van der Waals surface area contributed by atoms with Gasteiger partial charge < -0.3 is 10.9 Å². The Morgan fingerprint density at radius 1 is 1.55 bits per heavy atom. The van der Waals surface area contributed by atoms with E-state index < -0.39 is 0 Å². The second-order valence-corrected chi connectivity index (χ2v) is 2.34. The van der Waals surface area contributed by atoms with Crippen LogP contribution in [0.3, 0.4) is 0 Å². The Labute approximate surface area is 63.2 Å². The summed E-state index contributed by atoms with van der Waals surface area (Å²) in [7, 11) is 0. The Kier molecular flexibility index (Phi) is 1.03. The van der Waals surface area contributed by atoms with Crippen molar-refractivity contribution in [3.8, 4) is 11.1 Å². The highest BCUT2D eigenvalue weighted by molar-refractivity contribution is 5.74. The van der Waals surface area contributed by atoms with E-state index in [1.54, 1.807) is 12.3 Å². The number of hydrogen-bond acceptors (Lipinski definition) is 3. The van der Waals surface area contributed by atoms with Crippen LogP contribution in [0.1, 0.15) is 0 Å². The lowest BCUT2D eigenvalue weighted by Gasteiger charge is -2.00. The van der Waals surface area contributed by atoms with Crippen LogP contribution < -0.4 is 5.73 Å². The Morgan fingerprint density at radius 3 is 3.18 bits per heavy atom. The van der Waals surface area contributed by atoms with E-state index in [0.717, 1.165) is 15.9 Å². The summed E-state index contributed by atoms with van der Waals surface area (Å²) in [5, 5.41) is 9.01. The van der Waals surface area contributed by atoms with Crippen LogP contribution in [0.25, 0.3) is 11.1 Å². The summed E-state index contributed by atoms with van der Waals surface area (Å²) in [5.74, 6) is 0.448. The van der Waals surface area contributed by atoms with Crippen molar-refractivity contribution in [1.29, 1.82) is 0 Å². The second-order valence-electron chi connectivity index (χ2n) is 2.34. The highest BCUT2D eigenvalue weighted by Crippen LogP contribution is 2.25. The van der Waals surface area contributed by atoms with E-state index in [9.17, 15) is 0 Å². The number of anilines is 1. The third-order valence-corrected chi connectivity index (χ3v) is 1.60. The molecule has 0 saturated heterocycles. The fourth-order valence-corrected chi connectivity index (χ4v) is 1.03. The molecule has 2 heterocycles. The monoisotopic (exact) mass is 149 g/mol. The summed E-state index contributed by atoms with van der Waals surface area (Å²) in [6, 6.07) is 1.75. The van der Waals surface area contributed by atoms with E-state index >= 15 is 0 Å². The molecule has 0 fully saturated rings. The molecule has 56 valence electrons. The molecule has 0 aliphatic carbocycles. The van der Waals surface area contributed by atoms with Crippen LogP contribution in [-0.4, -0.2) is 14.9 Å². The minimum Gasteiger partial charge on any atom is -0.429 e. The van der Waals surface area contributed by atoms with Gasteiger partial charge in [0, 0.05) is 23.5 Å². The highest BCUT2D eigenvalue weighted by atomic mass is 16.5. The molecule has 0 amide bonds. The van der Waals surface area contributed by atoms with Crippen LogP contribution in [0.5, 0.6) is 0 Å². The van der Waals surface area contributed by atoms with Gasteiger partial charge in [0.2, 0.25) is 0 Å². The van der Waals surface area contributed by atoms with Crippen LogP contribution in [0.4, 0.5) is 5.82 Å². The molecule has 0 aromatic rings. The van der Waals surface area contributed by atoms with E-state index in [-0.39, 0.29) is 0 Å². The maximum absolute atomic E-state index is 9.01. The summed E-state index contributed by atoms with van der Waals surface area (Å²) in [6.45, 7) is 0. The van der Waals surface area contributed by atoms with Crippen LogP contribution in [-0.2, 0) is 0 Å². The average Bonchev–Trinajstić information content (AvgIpc) is 2.33. The van der Waals surface area contributed by atoms with Crippen molar-refractivity contribution >= 4 is 5.82 Å². The van der Waals surface area contributed by atoms with E-state index in [1.807, 2.05) is 0 Å². The van der Waals surface area contributed by atoms with Gasteiger partial charge in [0.1, 0.15) is 5.82 Å². The lowest BCUT2D eigenvalue weighted by atomic mass is 10.2. The third kappa shape index (κ3) is 0.797. The average molecular weight is 149 g/mol. The standard InChI is InChI=1S/C7H7N3O/c8-7-6-4-10(11)2-1-5(6)3-9-7/h1-4,11H,(H2,8,9). The van der Waals surface area contributed by atoms with Gasteiger partial charge >= 0.3 is 0 Å². The Balaban J connectivity index is 2.76. The predicted molar refractivity (Wildman–Crippen MR) is 40.4 cm³/mol. The maximum Gasteiger partial charge on any atom is 0.132 e. The van der Waals surface area contributed by atoms with Crippen LogP contribution >= 0.6 is 0 Å². The van der Waals surface area contributed by atoms with Gasteiger partial charge in [-0.1, -0.05) is 0 Å². The highest BCUT2D eigenvalue weighted by Gasteiger charge is 2.07. The minimum absolute atomic E-state index is 0.448. The molecule has 0 atom stereocenters. The quantitative estimate of drug-likeness (QED) is 0.545. The second kappa shape index (κ2) is 1.88. The van der Waals surface area contributed by atoms with Crippen LogP contribution in [0.2, 0.25) is 0 Å². The van der Waals surface area contributed by atoms with Gasteiger partial charge in [-0.3, -0.25) is 0 Å². The van der Waals surface area contributed by atoms with Crippen molar-refractivity contribution in [2.45, 2.75) is 0 Å². The number of rotatable bonds is 0. The molecule has 0 aromatic heterocycles. The molecule has 2 rings (SSSR count). The largest absolute Gasteiger partial charge is 0.429 e. The number of nitrogens with two attached hydrogens (primary N) is 1. The smallest absolute Gasteiger partial charge is 0.132 e. The summed E-state index contributed by atoms with van der Waals surface area (Å²) in [6.07, 6.45) is 4.73. The Hall–Kier alpha value is -1.71. The first-order valence-electron chi connectivity index (χ1n) is 3.19. The van der Waals surface area contributed by atoms with Crippen molar-refractivity contribution in [2.75, 3.05) is 5.73 Å². The van der Waals surface area contributed by atoms with Crippen molar-refractivity contribution in [3.05, 3.63) is 24.7 Å². The first kappa shape index (κ1) is 6.03. The molecule has 11 heavy (non-hydrogen) atoms. The van der Waals surface area contributed by atoms with Crippen LogP contribution in [0.15, 0.2) is 24.7 Å². The van der Waals surface area contributed by atoms with Crippen molar-refractivity contribution < 1.29 is 5.21 Å². The summed E-state index contributed by atoms with van der Waals surface area (Å²) in [5.41, 5.74) is 7.22. The van der Waals surface area contributed by atoms with Gasteiger partial charge in [-0.15, -0.1) is 0 Å². The molecule has 2 aliphatic heterocycles. The number of pyridine rings is 1. The topological polar surface area (TPSA) is 64.1 Å². The van der Waals surface area contributed by atoms with E-state index in [2.05, 4.69) is 4.98 Å². The Morgan fingerprint density at radius 2 is 2.36 bits per heavy atom. The molecule has 2 aliphatic rings. The first-order chi connectivity index (χ1) is 5.27. The summed E-state index contributed by atoms with van der Waals surface area (Å²) >= 11 is 0. The lowest BCUT2D eigenvalue weighted by Crippen LogP contribution is -1.93. The molecule has 3 N–H and O–H groups in total. The normalized spacial score (nSPS) is 10.5. The van der Waals surface area contributed by atoms with E-state index in [0.29, 0.717) is 5.82 Å². The lowest BCUT2D eigenvalue weighted by molar-refractivity contribution is 0.185. The number of aromatic nitrogens is 2. The zero-order valence-electron chi connectivity index (χ0n) is 5.73. The summed E-state index contributed by atoms with van der Waals surface area (Å²) in [4.78, 5) is 3.89. The van der Waals surface area contributed by atoms with Gasteiger partial charge in [0.25, 0.3) is 0 Å². The SMILES string of the molecule is Nc1ncc2ccn(O)cc1-2. The van der Waals surface area contributed by atoms with Gasteiger partial charge in [-0.05, 0) is 6.07 Å². The van der Waals surface area contributed by atoms with Crippen LogP contribution in [0, 0.1) is 0 Å². The van der Waals surface area contributed by atoms with Crippen molar-refractivity contribution in [1.82, 2.24) is 9.71 Å². The minimum atomic E-state index is 0.448. The van der Waals surface area contributed by atoms with Crippen molar-refractivity contribution in [3.63, 3.8) is 0 Å².